The average molecular weight is 744 g/mol. The second kappa shape index (κ2) is 19.5. The molecule has 0 fully saturated rings. The van der Waals surface area contributed by atoms with Crippen molar-refractivity contribution in [2.24, 2.45) is 0 Å². The molecule has 0 saturated heterocycles. The molecule has 11 heteroatoms. The smallest absolute Gasteiger partial charge is 0.338 e. The highest BCUT2D eigenvalue weighted by Gasteiger charge is 2.23. The number of methoxy groups -OCH3 is 2. The molecule has 0 aliphatic rings. The molecule has 276 valence electrons. The summed E-state index contributed by atoms with van der Waals surface area (Å²) < 4.78 is 16.1. The number of ether oxygens (including phenoxy) is 3. The number of hydrogen-bond acceptors (Lipinski definition) is 8. The van der Waals surface area contributed by atoms with Crippen LogP contribution in [0.2, 0.25) is 0 Å². The van der Waals surface area contributed by atoms with Gasteiger partial charge in [0, 0.05) is 33.5 Å². The highest BCUT2D eigenvalue weighted by atomic mass is 32.2. The predicted molar refractivity (Wildman–Crippen MR) is 212 cm³/mol. The van der Waals surface area contributed by atoms with Crippen molar-refractivity contribution in [1.29, 1.82) is 0 Å². The van der Waals surface area contributed by atoms with Gasteiger partial charge in [0.15, 0.2) is 0 Å². The average Bonchev–Trinajstić information content (AvgIpc) is 3.21. The standard InChI is InChI=1S/C43H41N3O7S/c1-4-5-26-53-43(50)31-16-19-33(20-17-31)45-42(49)39(29-12-8-6-9-13-29)54-36-24-21-34(22-25-36)44-41(48)37(46-40(47)30-14-10-7-11-15-30)27-32-18-23-35(51-2)28-38(32)52-3/h6-25,27-28,39H,4-5,26H2,1-3H3,(H,44,48)(H,45,49)(H,46,47)/b37-27-. The fourth-order valence-corrected chi connectivity index (χ4v) is 6.20. The largest absolute Gasteiger partial charge is 0.497 e. The Morgan fingerprint density at radius 2 is 1.37 bits per heavy atom. The quantitative estimate of drug-likeness (QED) is 0.0397. The van der Waals surface area contributed by atoms with Gasteiger partial charge < -0.3 is 30.2 Å². The summed E-state index contributed by atoms with van der Waals surface area (Å²) in [5, 5.41) is 7.95. The second-order valence-electron chi connectivity index (χ2n) is 11.9. The topological polar surface area (TPSA) is 132 Å². The molecular weight excluding hydrogens is 703 g/mol. The number of rotatable bonds is 16. The van der Waals surface area contributed by atoms with E-state index in [0.717, 1.165) is 23.3 Å². The lowest BCUT2D eigenvalue weighted by atomic mass is 10.1. The van der Waals surface area contributed by atoms with Crippen LogP contribution >= 0.6 is 11.8 Å². The molecule has 5 aromatic carbocycles. The van der Waals surface area contributed by atoms with E-state index in [2.05, 4.69) is 16.0 Å². The summed E-state index contributed by atoms with van der Waals surface area (Å²) in [6.07, 6.45) is 3.26. The van der Waals surface area contributed by atoms with Gasteiger partial charge >= 0.3 is 5.97 Å². The third-order valence-corrected chi connectivity index (χ3v) is 9.36. The first kappa shape index (κ1) is 38.9. The Balaban J connectivity index is 1.31. The number of anilines is 2. The van der Waals surface area contributed by atoms with E-state index in [1.54, 1.807) is 104 Å². The summed E-state index contributed by atoms with van der Waals surface area (Å²) in [5.74, 6) is -0.642. The van der Waals surface area contributed by atoms with Crippen LogP contribution in [0.25, 0.3) is 6.08 Å². The number of hydrogen-bond donors (Lipinski definition) is 3. The van der Waals surface area contributed by atoms with Crippen LogP contribution in [0.1, 0.15) is 56.9 Å². The Hall–Kier alpha value is -6.33. The van der Waals surface area contributed by atoms with Crippen LogP contribution in [0.4, 0.5) is 11.4 Å². The van der Waals surface area contributed by atoms with Crippen LogP contribution in [0.15, 0.2) is 138 Å². The normalized spacial score (nSPS) is 11.5. The molecule has 0 aliphatic heterocycles. The van der Waals surface area contributed by atoms with E-state index >= 15 is 0 Å². The maximum atomic E-state index is 13.7. The van der Waals surface area contributed by atoms with Crippen molar-refractivity contribution < 1.29 is 33.4 Å². The first-order valence-corrected chi connectivity index (χ1v) is 18.2. The fraction of sp³-hybridized carbons (Fsp3) is 0.163. The SMILES string of the molecule is CCCCOC(=O)c1ccc(NC(=O)C(Sc2ccc(NC(=O)/C(=C/c3ccc(OC)cc3OC)NC(=O)c3ccccc3)cc2)c2ccccc2)cc1. The molecule has 54 heavy (non-hydrogen) atoms. The molecule has 0 aliphatic carbocycles. The molecule has 0 heterocycles. The molecule has 10 nitrogen and oxygen atoms in total. The van der Waals surface area contributed by atoms with Gasteiger partial charge in [0.2, 0.25) is 5.91 Å². The van der Waals surface area contributed by atoms with Crippen molar-refractivity contribution in [2.45, 2.75) is 29.9 Å². The number of unbranched alkanes of at least 4 members (excludes halogenated alkanes) is 1. The van der Waals surface area contributed by atoms with Crippen LogP contribution in [0, 0.1) is 0 Å². The summed E-state index contributed by atoms with van der Waals surface area (Å²) in [5.41, 5.74) is 3.15. The maximum absolute atomic E-state index is 13.7. The molecule has 1 unspecified atom stereocenters. The van der Waals surface area contributed by atoms with Crippen molar-refractivity contribution in [1.82, 2.24) is 5.32 Å². The minimum absolute atomic E-state index is 0.00648. The lowest BCUT2D eigenvalue weighted by molar-refractivity contribution is -0.116. The van der Waals surface area contributed by atoms with Crippen LogP contribution in [-0.2, 0) is 14.3 Å². The third kappa shape index (κ3) is 10.8. The predicted octanol–water partition coefficient (Wildman–Crippen LogP) is 8.54. The zero-order chi connectivity index (χ0) is 38.3. The van der Waals surface area contributed by atoms with Crippen molar-refractivity contribution in [3.05, 3.63) is 155 Å². The van der Waals surface area contributed by atoms with Crippen LogP contribution < -0.4 is 25.4 Å². The molecule has 0 aromatic heterocycles. The summed E-state index contributed by atoms with van der Waals surface area (Å²) in [7, 11) is 3.05. The first-order valence-electron chi connectivity index (χ1n) is 17.3. The third-order valence-electron chi connectivity index (χ3n) is 8.10. The van der Waals surface area contributed by atoms with Gasteiger partial charge in [-0.1, -0.05) is 61.9 Å². The van der Waals surface area contributed by atoms with Crippen LogP contribution in [0.3, 0.4) is 0 Å². The lowest BCUT2D eigenvalue weighted by Crippen LogP contribution is -2.30. The minimum atomic E-state index is -0.618. The van der Waals surface area contributed by atoms with Gasteiger partial charge in [0.1, 0.15) is 22.4 Å². The molecule has 0 saturated carbocycles. The highest BCUT2D eigenvalue weighted by molar-refractivity contribution is 8.00. The number of benzene rings is 5. The monoisotopic (exact) mass is 743 g/mol. The molecule has 5 rings (SSSR count). The summed E-state index contributed by atoms with van der Waals surface area (Å²) in [4.78, 5) is 53.6. The molecule has 3 amide bonds. The Labute approximate surface area is 318 Å². The number of thioether (sulfide) groups is 1. The molecule has 0 radical (unpaired) electrons. The van der Waals surface area contributed by atoms with Crippen molar-refractivity contribution >= 4 is 52.9 Å². The Morgan fingerprint density at radius 1 is 0.722 bits per heavy atom. The van der Waals surface area contributed by atoms with Gasteiger partial charge in [-0.25, -0.2) is 4.79 Å². The Bertz CT molecular complexity index is 2070. The van der Waals surface area contributed by atoms with E-state index in [-0.39, 0.29) is 11.6 Å². The number of nitrogens with one attached hydrogen (secondary N) is 3. The van der Waals surface area contributed by atoms with Crippen molar-refractivity contribution in [3.63, 3.8) is 0 Å². The van der Waals surface area contributed by atoms with E-state index in [9.17, 15) is 19.2 Å². The van der Waals surface area contributed by atoms with E-state index in [1.165, 1.54) is 24.9 Å². The lowest BCUT2D eigenvalue weighted by Gasteiger charge is -2.18. The number of carbonyl (C=O) groups is 4. The molecule has 0 bridgehead atoms. The van der Waals surface area contributed by atoms with Gasteiger partial charge in [-0.15, -0.1) is 11.8 Å². The molecule has 3 N–H and O–H groups in total. The summed E-state index contributed by atoms with van der Waals surface area (Å²) >= 11 is 1.35. The Morgan fingerprint density at radius 3 is 2.02 bits per heavy atom. The zero-order valence-electron chi connectivity index (χ0n) is 30.2. The fourth-order valence-electron chi connectivity index (χ4n) is 5.18. The first-order chi connectivity index (χ1) is 26.3. The number of esters is 1. The van der Waals surface area contributed by atoms with E-state index in [0.29, 0.717) is 46.2 Å². The van der Waals surface area contributed by atoms with E-state index in [1.807, 2.05) is 37.3 Å². The molecule has 1 atom stereocenters. The highest BCUT2D eigenvalue weighted by Crippen LogP contribution is 2.37. The molecular formula is C43H41N3O7S. The van der Waals surface area contributed by atoms with Gasteiger partial charge in [0.05, 0.1) is 26.4 Å². The number of carbonyl (C=O) groups excluding carboxylic acids is 4. The summed E-state index contributed by atoms with van der Waals surface area (Å²) in [6, 6.07) is 36.8. The number of amides is 3. The van der Waals surface area contributed by atoms with Crippen molar-refractivity contribution in [3.8, 4) is 11.5 Å². The van der Waals surface area contributed by atoms with Gasteiger partial charge in [-0.2, -0.15) is 0 Å². The van der Waals surface area contributed by atoms with Gasteiger partial charge in [-0.05, 0) is 90.9 Å². The van der Waals surface area contributed by atoms with E-state index < -0.39 is 23.0 Å². The van der Waals surface area contributed by atoms with Gasteiger partial charge in [0.25, 0.3) is 11.8 Å². The van der Waals surface area contributed by atoms with Crippen LogP contribution in [-0.4, -0.2) is 44.5 Å². The van der Waals surface area contributed by atoms with E-state index in [4.69, 9.17) is 14.2 Å². The Kier molecular flexibility index (Phi) is 14.0. The van der Waals surface area contributed by atoms with Crippen molar-refractivity contribution in [2.75, 3.05) is 31.5 Å². The molecule has 0 spiro atoms. The second-order valence-corrected chi connectivity index (χ2v) is 13.1. The van der Waals surface area contributed by atoms with Gasteiger partial charge in [-0.3, -0.25) is 14.4 Å². The van der Waals surface area contributed by atoms with Crippen LogP contribution in [0.5, 0.6) is 11.5 Å². The minimum Gasteiger partial charge on any atom is -0.497 e. The summed E-state index contributed by atoms with van der Waals surface area (Å²) in [6.45, 7) is 2.39. The molecule has 5 aromatic rings. The maximum Gasteiger partial charge on any atom is 0.338 e. The zero-order valence-corrected chi connectivity index (χ0v) is 31.0.